The van der Waals surface area contributed by atoms with E-state index < -0.39 is 10.0 Å². The number of piperazine rings is 1. The van der Waals surface area contributed by atoms with Gasteiger partial charge in [0.1, 0.15) is 0 Å². The number of sulfonamides is 1. The minimum Gasteiger partial charge on any atom is -0.454 e. The molecule has 3 aromatic rings. The van der Waals surface area contributed by atoms with Crippen molar-refractivity contribution in [2.75, 3.05) is 39.5 Å². The molecule has 0 aromatic heterocycles. The van der Waals surface area contributed by atoms with Crippen LogP contribution in [0.1, 0.15) is 5.56 Å². The predicted octanol–water partition coefficient (Wildman–Crippen LogP) is 0.774. The Morgan fingerprint density at radius 1 is 0.939 bits per heavy atom. The fourth-order valence-electron chi connectivity index (χ4n) is 4.24. The molecule has 172 valence electrons. The first kappa shape index (κ1) is 21.7. The van der Waals surface area contributed by atoms with E-state index in [0.717, 1.165) is 21.2 Å². The molecule has 0 radical (unpaired) electrons. The van der Waals surface area contributed by atoms with Gasteiger partial charge in [-0.15, -0.1) is 0 Å². The van der Waals surface area contributed by atoms with Crippen LogP contribution in [0.15, 0.2) is 65.6 Å². The summed E-state index contributed by atoms with van der Waals surface area (Å²) in [6.07, 6.45) is 0. The second-order valence-corrected chi connectivity index (χ2v) is 10.2. The Bertz CT molecular complexity index is 1290. The van der Waals surface area contributed by atoms with E-state index in [1.165, 1.54) is 4.31 Å². The normalized spacial score (nSPS) is 16.7. The Kier molecular flexibility index (Phi) is 5.92. The van der Waals surface area contributed by atoms with Gasteiger partial charge in [-0.25, -0.2) is 8.42 Å². The molecule has 2 aliphatic heterocycles. The summed E-state index contributed by atoms with van der Waals surface area (Å²) in [6, 6.07) is 18.6. The number of rotatable bonds is 6. The average Bonchev–Trinajstić information content (AvgIpc) is 3.31. The van der Waals surface area contributed by atoms with E-state index in [9.17, 15) is 13.2 Å². The van der Waals surface area contributed by atoms with E-state index in [0.29, 0.717) is 55.7 Å². The highest BCUT2D eigenvalue weighted by Crippen LogP contribution is 2.32. The number of nitrogens with one attached hydrogen (secondary N) is 2. The third-order valence-corrected chi connectivity index (χ3v) is 8.02. The van der Waals surface area contributed by atoms with Crippen molar-refractivity contribution in [2.24, 2.45) is 0 Å². The van der Waals surface area contributed by atoms with Crippen LogP contribution in [0.4, 0.5) is 0 Å². The number of carbonyl (C=O) groups excluding carboxylic acids is 1. The zero-order valence-electron chi connectivity index (χ0n) is 18.1. The molecule has 1 amide bonds. The zero-order valence-corrected chi connectivity index (χ0v) is 18.9. The third kappa shape index (κ3) is 4.66. The number of amides is 1. The Balaban J connectivity index is 1.14. The topological polar surface area (TPSA) is 89.4 Å². The number of fused-ring (bicyclic) bond motifs is 2. The van der Waals surface area contributed by atoms with Gasteiger partial charge in [-0.2, -0.15) is 4.31 Å². The van der Waals surface area contributed by atoms with Crippen LogP contribution in [0.5, 0.6) is 11.5 Å². The number of quaternary nitrogens is 1. The first-order valence-electron chi connectivity index (χ1n) is 11.0. The first-order valence-corrected chi connectivity index (χ1v) is 12.4. The van der Waals surface area contributed by atoms with Crippen LogP contribution in [-0.4, -0.2) is 58.1 Å². The van der Waals surface area contributed by atoms with E-state index in [2.05, 4.69) is 5.32 Å². The molecule has 3 aromatic carbocycles. The van der Waals surface area contributed by atoms with E-state index in [1.807, 2.05) is 48.5 Å². The first-order chi connectivity index (χ1) is 16.0. The molecule has 33 heavy (non-hydrogen) atoms. The summed E-state index contributed by atoms with van der Waals surface area (Å²) in [4.78, 5) is 13.8. The van der Waals surface area contributed by atoms with Crippen molar-refractivity contribution in [3.8, 4) is 11.5 Å². The molecule has 1 saturated heterocycles. The summed E-state index contributed by atoms with van der Waals surface area (Å²) in [5.74, 6) is 1.34. The molecule has 9 heteroatoms. The van der Waals surface area contributed by atoms with Gasteiger partial charge >= 0.3 is 0 Å². The Hall–Kier alpha value is -3.14. The Morgan fingerprint density at radius 2 is 1.70 bits per heavy atom. The molecule has 0 saturated carbocycles. The van der Waals surface area contributed by atoms with Gasteiger partial charge in [0.2, 0.25) is 16.8 Å². The van der Waals surface area contributed by atoms with Crippen LogP contribution in [-0.2, 0) is 21.4 Å². The van der Waals surface area contributed by atoms with Crippen molar-refractivity contribution in [3.05, 3.63) is 66.2 Å². The van der Waals surface area contributed by atoms with E-state index in [4.69, 9.17) is 9.47 Å². The van der Waals surface area contributed by atoms with Crippen LogP contribution >= 0.6 is 0 Å². The summed E-state index contributed by atoms with van der Waals surface area (Å²) >= 11 is 0. The standard InChI is InChI=1S/C24H25N3O5S/c28-24(25-15-18-5-8-22-23(13-18)32-17-31-22)16-26-9-11-27(12-10-26)33(29,30)21-7-6-19-3-1-2-4-20(19)14-21/h1-8,13-14H,9-12,15-17H2,(H,25,28)/p+1. The smallest absolute Gasteiger partial charge is 0.275 e. The summed E-state index contributed by atoms with van der Waals surface area (Å²) in [7, 11) is -3.56. The molecule has 0 spiro atoms. The van der Waals surface area contributed by atoms with Crippen LogP contribution < -0.4 is 19.7 Å². The molecule has 0 bridgehead atoms. The molecule has 2 N–H and O–H groups in total. The van der Waals surface area contributed by atoms with Crippen molar-refractivity contribution in [3.63, 3.8) is 0 Å². The molecule has 0 aliphatic carbocycles. The van der Waals surface area contributed by atoms with Crippen LogP contribution in [0.25, 0.3) is 10.8 Å². The largest absolute Gasteiger partial charge is 0.454 e. The van der Waals surface area contributed by atoms with Gasteiger partial charge in [0.25, 0.3) is 5.91 Å². The minimum absolute atomic E-state index is 0.0616. The highest BCUT2D eigenvalue weighted by Gasteiger charge is 2.31. The maximum absolute atomic E-state index is 13.1. The highest BCUT2D eigenvalue weighted by molar-refractivity contribution is 7.89. The van der Waals surface area contributed by atoms with Gasteiger partial charge in [-0.05, 0) is 40.6 Å². The van der Waals surface area contributed by atoms with Gasteiger partial charge < -0.3 is 19.7 Å². The monoisotopic (exact) mass is 468 g/mol. The number of benzene rings is 3. The average molecular weight is 469 g/mol. The lowest BCUT2D eigenvalue weighted by atomic mass is 10.1. The van der Waals surface area contributed by atoms with E-state index >= 15 is 0 Å². The molecule has 2 heterocycles. The third-order valence-electron chi connectivity index (χ3n) is 6.13. The van der Waals surface area contributed by atoms with Crippen molar-refractivity contribution < 1.29 is 27.6 Å². The molecule has 0 atom stereocenters. The molecule has 5 rings (SSSR count). The highest BCUT2D eigenvalue weighted by atomic mass is 32.2. The van der Waals surface area contributed by atoms with Crippen LogP contribution in [0, 0.1) is 0 Å². The number of ether oxygens (including phenoxy) is 2. The lowest BCUT2D eigenvalue weighted by Crippen LogP contribution is -3.15. The number of hydrogen-bond donors (Lipinski definition) is 2. The van der Waals surface area contributed by atoms with Crippen molar-refractivity contribution in [2.45, 2.75) is 11.4 Å². The zero-order chi connectivity index (χ0) is 22.8. The van der Waals surface area contributed by atoms with Gasteiger partial charge in [0.05, 0.1) is 31.1 Å². The quantitative estimate of drug-likeness (QED) is 0.558. The van der Waals surface area contributed by atoms with Gasteiger partial charge in [0.15, 0.2) is 18.0 Å². The summed E-state index contributed by atoms with van der Waals surface area (Å²) in [5, 5.41) is 4.85. The summed E-state index contributed by atoms with van der Waals surface area (Å²) < 4.78 is 38.4. The number of carbonyl (C=O) groups is 1. The lowest BCUT2D eigenvalue weighted by Gasteiger charge is -2.31. The molecule has 2 aliphatic rings. The number of nitrogens with zero attached hydrogens (tertiary/aromatic N) is 1. The molecular formula is C24H26N3O5S+. The molecule has 1 fully saturated rings. The van der Waals surface area contributed by atoms with Crippen LogP contribution in [0.3, 0.4) is 0 Å². The molecular weight excluding hydrogens is 442 g/mol. The fourth-order valence-corrected chi connectivity index (χ4v) is 5.71. The van der Waals surface area contributed by atoms with E-state index in [1.54, 1.807) is 12.1 Å². The SMILES string of the molecule is O=C(C[NH+]1CCN(S(=O)(=O)c2ccc3ccccc3c2)CC1)NCc1ccc2c(c1)OCO2. The second-order valence-electron chi connectivity index (χ2n) is 8.30. The van der Waals surface area contributed by atoms with E-state index in [-0.39, 0.29) is 12.7 Å². The van der Waals surface area contributed by atoms with Gasteiger partial charge in [-0.1, -0.05) is 36.4 Å². The molecule has 8 nitrogen and oxygen atoms in total. The molecule has 0 unspecified atom stereocenters. The fraction of sp³-hybridized carbons (Fsp3) is 0.292. The van der Waals surface area contributed by atoms with Crippen molar-refractivity contribution in [1.82, 2.24) is 9.62 Å². The lowest BCUT2D eigenvalue weighted by molar-refractivity contribution is -0.895. The Morgan fingerprint density at radius 3 is 2.52 bits per heavy atom. The van der Waals surface area contributed by atoms with Crippen LogP contribution in [0.2, 0.25) is 0 Å². The Labute approximate surface area is 192 Å². The van der Waals surface area contributed by atoms with Gasteiger partial charge in [-0.3, -0.25) is 4.79 Å². The number of hydrogen-bond acceptors (Lipinski definition) is 5. The predicted molar refractivity (Wildman–Crippen MR) is 123 cm³/mol. The van der Waals surface area contributed by atoms with Crippen molar-refractivity contribution >= 4 is 26.7 Å². The van der Waals surface area contributed by atoms with Crippen molar-refractivity contribution in [1.29, 1.82) is 0 Å². The minimum atomic E-state index is -3.56. The summed E-state index contributed by atoms with van der Waals surface area (Å²) in [5.41, 5.74) is 0.939. The summed E-state index contributed by atoms with van der Waals surface area (Å²) in [6.45, 7) is 2.89. The maximum atomic E-state index is 13.1. The van der Waals surface area contributed by atoms with Gasteiger partial charge in [0, 0.05) is 6.54 Å². The second kappa shape index (κ2) is 9.01. The maximum Gasteiger partial charge on any atom is 0.275 e.